The van der Waals surface area contributed by atoms with E-state index in [2.05, 4.69) is 4.72 Å². The standard InChI is InChI=1S/C12H20N2O7S3/c1-12(20-6-7-21-12)9-8-10(23(13,15)16)22-11(9)24(17,18)14-4-3-5-19-2/h8,14H,3-7H2,1-2H3,(H2,13,15,16). The fourth-order valence-corrected chi connectivity index (χ4v) is 6.00. The lowest BCUT2D eigenvalue weighted by Gasteiger charge is -2.22. The van der Waals surface area contributed by atoms with Crippen LogP contribution in [0.5, 0.6) is 0 Å². The van der Waals surface area contributed by atoms with Crippen LogP contribution in [0.4, 0.5) is 0 Å². The summed E-state index contributed by atoms with van der Waals surface area (Å²) >= 11 is 0.568. The summed E-state index contributed by atoms with van der Waals surface area (Å²) in [4.78, 5) is 0. The van der Waals surface area contributed by atoms with Crippen molar-refractivity contribution in [2.45, 2.75) is 27.6 Å². The summed E-state index contributed by atoms with van der Waals surface area (Å²) in [6, 6.07) is 1.19. The molecule has 24 heavy (non-hydrogen) atoms. The molecule has 0 unspecified atom stereocenters. The Morgan fingerprint density at radius 2 is 1.96 bits per heavy atom. The maximum Gasteiger partial charge on any atom is 0.250 e. The minimum Gasteiger partial charge on any atom is -0.385 e. The fourth-order valence-electron chi connectivity index (χ4n) is 2.17. The first-order valence-electron chi connectivity index (χ1n) is 7.04. The van der Waals surface area contributed by atoms with Crippen molar-refractivity contribution in [2.24, 2.45) is 5.14 Å². The summed E-state index contributed by atoms with van der Waals surface area (Å²) in [5, 5.41) is 5.13. The minimum atomic E-state index is -4.06. The van der Waals surface area contributed by atoms with Crippen LogP contribution < -0.4 is 9.86 Å². The number of nitrogens with two attached hydrogens (primary N) is 1. The zero-order valence-electron chi connectivity index (χ0n) is 13.3. The predicted octanol–water partition coefficient (Wildman–Crippen LogP) is -0.0702. The smallest absolute Gasteiger partial charge is 0.250 e. The van der Waals surface area contributed by atoms with E-state index in [-0.39, 0.29) is 33.7 Å². The number of thiophene rings is 1. The fraction of sp³-hybridized carbons (Fsp3) is 0.667. The predicted molar refractivity (Wildman–Crippen MR) is 86.6 cm³/mol. The lowest BCUT2D eigenvalue weighted by molar-refractivity contribution is -0.151. The van der Waals surface area contributed by atoms with Crippen LogP contribution in [0.25, 0.3) is 0 Å². The Balaban J connectivity index is 2.42. The molecule has 1 aliphatic rings. The van der Waals surface area contributed by atoms with Crippen LogP contribution in [0.15, 0.2) is 14.5 Å². The van der Waals surface area contributed by atoms with Crippen molar-refractivity contribution >= 4 is 31.4 Å². The molecule has 0 saturated carbocycles. The number of methoxy groups -OCH3 is 1. The van der Waals surface area contributed by atoms with E-state index >= 15 is 0 Å². The van der Waals surface area contributed by atoms with Crippen LogP contribution in [0.1, 0.15) is 18.9 Å². The van der Waals surface area contributed by atoms with Crippen molar-refractivity contribution in [3.8, 4) is 0 Å². The average Bonchev–Trinajstić information content (AvgIpc) is 3.10. The summed E-state index contributed by atoms with van der Waals surface area (Å²) in [7, 11) is -6.49. The van der Waals surface area contributed by atoms with Crippen LogP contribution in [0.3, 0.4) is 0 Å². The quantitative estimate of drug-likeness (QED) is 0.583. The largest absolute Gasteiger partial charge is 0.385 e. The first-order valence-corrected chi connectivity index (χ1v) is 10.9. The number of hydrogen-bond acceptors (Lipinski definition) is 8. The highest BCUT2D eigenvalue weighted by Crippen LogP contribution is 2.40. The molecule has 1 aromatic rings. The number of rotatable bonds is 8. The third-order valence-electron chi connectivity index (χ3n) is 3.34. The molecule has 12 heteroatoms. The molecule has 0 aliphatic carbocycles. The molecule has 0 radical (unpaired) electrons. The second-order valence-corrected chi connectivity index (χ2v) is 10.0. The highest BCUT2D eigenvalue weighted by atomic mass is 32.3. The van der Waals surface area contributed by atoms with Gasteiger partial charge in [0.25, 0.3) is 10.0 Å². The Bertz CT molecular complexity index is 780. The van der Waals surface area contributed by atoms with Crippen molar-refractivity contribution in [1.82, 2.24) is 4.72 Å². The van der Waals surface area contributed by atoms with Gasteiger partial charge in [-0.2, -0.15) is 0 Å². The van der Waals surface area contributed by atoms with Gasteiger partial charge in [0.2, 0.25) is 10.0 Å². The second-order valence-electron chi connectivity index (χ2n) is 5.20. The molecule has 0 bridgehead atoms. The Morgan fingerprint density at radius 3 is 2.50 bits per heavy atom. The van der Waals surface area contributed by atoms with Gasteiger partial charge >= 0.3 is 0 Å². The van der Waals surface area contributed by atoms with Gasteiger partial charge in [-0.1, -0.05) is 0 Å². The SMILES string of the molecule is COCCCNS(=O)(=O)c1sc(S(N)(=O)=O)cc1C1(C)OCCO1. The van der Waals surface area contributed by atoms with Gasteiger partial charge in [-0.05, 0) is 19.4 Å². The summed E-state index contributed by atoms with van der Waals surface area (Å²) in [6.07, 6.45) is 0.475. The first kappa shape index (κ1) is 19.7. The van der Waals surface area contributed by atoms with Crippen molar-refractivity contribution in [3.05, 3.63) is 11.6 Å². The van der Waals surface area contributed by atoms with E-state index in [1.165, 1.54) is 13.2 Å². The van der Waals surface area contributed by atoms with Crippen molar-refractivity contribution < 1.29 is 31.0 Å². The molecule has 0 amide bonds. The van der Waals surface area contributed by atoms with Gasteiger partial charge in [0, 0.05) is 25.8 Å². The highest BCUT2D eigenvalue weighted by Gasteiger charge is 2.41. The van der Waals surface area contributed by atoms with E-state index in [0.29, 0.717) is 24.4 Å². The van der Waals surface area contributed by atoms with E-state index in [9.17, 15) is 16.8 Å². The lowest BCUT2D eigenvalue weighted by Crippen LogP contribution is -2.29. The molecule has 2 rings (SSSR count). The zero-order chi connectivity index (χ0) is 18.0. The van der Waals surface area contributed by atoms with Crippen LogP contribution in [0, 0.1) is 0 Å². The third-order valence-corrected chi connectivity index (χ3v) is 7.90. The van der Waals surface area contributed by atoms with Gasteiger partial charge in [-0.3, -0.25) is 0 Å². The molecular weight excluding hydrogens is 380 g/mol. The lowest BCUT2D eigenvalue weighted by atomic mass is 10.2. The van der Waals surface area contributed by atoms with Crippen molar-refractivity contribution in [3.63, 3.8) is 0 Å². The van der Waals surface area contributed by atoms with Crippen LogP contribution in [0.2, 0.25) is 0 Å². The van der Waals surface area contributed by atoms with Crippen molar-refractivity contribution in [2.75, 3.05) is 33.5 Å². The maximum absolute atomic E-state index is 12.6. The topological polar surface area (TPSA) is 134 Å². The van der Waals surface area contributed by atoms with Gasteiger partial charge in [0.05, 0.1) is 13.2 Å². The van der Waals surface area contributed by atoms with Crippen LogP contribution in [-0.2, 0) is 40.0 Å². The zero-order valence-corrected chi connectivity index (χ0v) is 15.7. The van der Waals surface area contributed by atoms with E-state index in [4.69, 9.17) is 19.3 Å². The van der Waals surface area contributed by atoms with Gasteiger partial charge in [-0.15, -0.1) is 11.3 Å². The minimum absolute atomic E-state index is 0.119. The monoisotopic (exact) mass is 400 g/mol. The summed E-state index contributed by atoms with van der Waals surface area (Å²) in [5.41, 5.74) is 0.119. The average molecular weight is 401 g/mol. The molecule has 9 nitrogen and oxygen atoms in total. The van der Waals surface area contributed by atoms with Gasteiger partial charge < -0.3 is 14.2 Å². The number of sulfonamides is 2. The Hall–Kier alpha value is -0.600. The summed E-state index contributed by atoms with van der Waals surface area (Å²) in [5.74, 6) is -1.34. The van der Waals surface area contributed by atoms with Gasteiger partial charge in [0.1, 0.15) is 8.42 Å². The maximum atomic E-state index is 12.6. The molecule has 2 heterocycles. The van der Waals surface area contributed by atoms with Crippen LogP contribution >= 0.6 is 11.3 Å². The Labute approximate surface area is 145 Å². The van der Waals surface area contributed by atoms with E-state index in [0.717, 1.165) is 0 Å². The normalized spacial score (nSPS) is 18.1. The summed E-state index contributed by atoms with van der Waals surface area (Å²) in [6.45, 7) is 2.64. The molecule has 1 aromatic heterocycles. The Kier molecular flexibility index (Phi) is 6.03. The second kappa shape index (κ2) is 7.33. The third kappa shape index (κ3) is 4.32. The molecule has 1 aliphatic heterocycles. The van der Waals surface area contributed by atoms with Crippen LogP contribution in [-0.4, -0.2) is 50.3 Å². The van der Waals surface area contributed by atoms with E-state index < -0.39 is 25.8 Å². The first-order chi connectivity index (χ1) is 11.1. The molecule has 138 valence electrons. The molecule has 0 atom stereocenters. The molecule has 0 aromatic carbocycles. The molecule has 0 spiro atoms. The number of primary sulfonamides is 1. The number of nitrogens with one attached hydrogen (secondary N) is 1. The van der Waals surface area contributed by atoms with E-state index in [1.807, 2.05) is 0 Å². The number of ether oxygens (including phenoxy) is 3. The molecule has 3 N–H and O–H groups in total. The summed E-state index contributed by atoms with van der Waals surface area (Å²) < 4.78 is 66.1. The number of hydrogen-bond donors (Lipinski definition) is 2. The van der Waals surface area contributed by atoms with Crippen molar-refractivity contribution in [1.29, 1.82) is 0 Å². The molecular formula is C12H20N2O7S3. The van der Waals surface area contributed by atoms with Gasteiger partial charge in [0.15, 0.2) is 5.79 Å². The van der Waals surface area contributed by atoms with E-state index in [1.54, 1.807) is 6.92 Å². The molecule has 1 saturated heterocycles. The Morgan fingerprint density at radius 1 is 1.33 bits per heavy atom. The van der Waals surface area contributed by atoms with Gasteiger partial charge in [-0.25, -0.2) is 26.7 Å². The highest BCUT2D eigenvalue weighted by molar-refractivity contribution is 7.94. The molecule has 1 fully saturated rings.